The van der Waals surface area contributed by atoms with E-state index in [0.29, 0.717) is 5.56 Å². The summed E-state index contributed by atoms with van der Waals surface area (Å²) in [5.41, 5.74) is 5.52. The van der Waals surface area contributed by atoms with Gasteiger partial charge in [-0.3, -0.25) is 9.59 Å². The van der Waals surface area contributed by atoms with Crippen LogP contribution < -0.4 is 11.1 Å². The van der Waals surface area contributed by atoms with Gasteiger partial charge in [0, 0.05) is 5.75 Å². The van der Waals surface area contributed by atoms with Crippen molar-refractivity contribution in [2.45, 2.75) is 11.9 Å². The smallest absolute Gasteiger partial charge is 0.366 e. The van der Waals surface area contributed by atoms with Crippen molar-refractivity contribution in [2.75, 3.05) is 5.32 Å². The molecule has 0 spiro atoms. The number of amides is 2. The SMILES string of the molecule is NC(=O)c1ccccc1NC(=O)SCc1ccc(C(F)(F)F)cc1. The number of primary amides is 1. The maximum atomic E-state index is 12.5. The quantitative estimate of drug-likeness (QED) is 0.861. The molecule has 0 radical (unpaired) electrons. The molecule has 4 nitrogen and oxygen atoms in total. The first-order valence-corrected chi connectivity index (χ1v) is 7.74. The number of nitrogens with two attached hydrogens (primary N) is 1. The number of alkyl halides is 3. The molecule has 24 heavy (non-hydrogen) atoms. The lowest BCUT2D eigenvalue weighted by Crippen LogP contribution is -2.15. The number of carbonyl (C=O) groups excluding carboxylic acids is 2. The van der Waals surface area contributed by atoms with Gasteiger partial charge in [0.1, 0.15) is 0 Å². The number of anilines is 1. The average Bonchev–Trinajstić information content (AvgIpc) is 2.53. The highest BCUT2D eigenvalue weighted by Gasteiger charge is 2.29. The van der Waals surface area contributed by atoms with Gasteiger partial charge in [-0.2, -0.15) is 13.2 Å². The van der Waals surface area contributed by atoms with Crippen LogP contribution in [0.3, 0.4) is 0 Å². The molecule has 0 saturated carbocycles. The first kappa shape index (κ1) is 17.9. The van der Waals surface area contributed by atoms with Gasteiger partial charge in [-0.25, -0.2) is 0 Å². The number of para-hydroxylation sites is 1. The zero-order valence-corrected chi connectivity index (χ0v) is 13.1. The number of hydrogen-bond acceptors (Lipinski definition) is 3. The van der Waals surface area contributed by atoms with Crippen molar-refractivity contribution in [3.8, 4) is 0 Å². The Balaban J connectivity index is 1.96. The van der Waals surface area contributed by atoms with Crippen molar-refractivity contribution in [2.24, 2.45) is 5.73 Å². The van der Waals surface area contributed by atoms with E-state index in [0.717, 1.165) is 23.9 Å². The van der Waals surface area contributed by atoms with Crippen molar-refractivity contribution < 1.29 is 22.8 Å². The van der Waals surface area contributed by atoms with E-state index in [1.807, 2.05) is 0 Å². The van der Waals surface area contributed by atoms with E-state index in [1.54, 1.807) is 12.1 Å². The van der Waals surface area contributed by atoms with Gasteiger partial charge >= 0.3 is 6.18 Å². The summed E-state index contributed by atoms with van der Waals surface area (Å²) >= 11 is 0.875. The number of thioether (sulfide) groups is 1. The van der Waals surface area contributed by atoms with Gasteiger partial charge in [0.2, 0.25) is 0 Å². The number of rotatable bonds is 4. The van der Waals surface area contributed by atoms with Crippen LogP contribution in [0.2, 0.25) is 0 Å². The Morgan fingerprint density at radius 3 is 2.25 bits per heavy atom. The van der Waals surface area contributed by atoms with Crippen LogP contribution in [0.1, 0.15) is 21.5 Å². The van der Waals surface area contributed by atoms with Gasteiger partial charge in [-0.05, 0) is 29.8 Å². The van der Waals surface area contributed by atoms with E-state index in [1.165, 1.54) is 24.3 Å². The van der Waals surface area contributed by atoms with E-state index < -0.39 is 22.9 Å². The van der Waals surface area contributed by atoms with Crippen molar-refractivity contribution in [3.63, 3.8) is 0 Å². The van der Waals surface area contributed by atoms with Crippen molar-refractivity contribution >= 4 is 28.6 Å². The normalized spacial score (nSPS) is 11.1. The van der Waals surface area contributed by atoms with Gasteiger partial charge < -0.3 is 11.1 Å². The molecule has 2 aromatic carbocycles. The molecule has 0 fully saturated rings. The van der Waals surface area contributed by atoms with Crippen LogP contribution in [0.25, 0.3) is 0 Å². The summed E-state index contributed by atoms with van der Waals surface area (Å²) in [6.07, 6.45) is -4.39. The molecule has 2 aromatic rings. The summed E-state index contributed by atoms with van der Waals surface area (Å²) in [4.78, 5) is 23.2. The van der Waals surface area contributed by atoms with Gasteiger partial charge in [0.05, 0.1) is 16.8 Å². The largest absolute Gasteiger partial charge is 0.416 e. The molecule has 2 amide bonds. The van der Waals surface area contributed by atoms with Gasteiger partial charge in [-0.1, -0.05) is 36.0 Å². The van der Waals surface area contributed by atoms with E-state index >= 15 is 0 Å². The molecule has 0 aliphatic carbocycles. The zero-order chi connectivity index (χ0) is 17.7. The number of carbonyl (C=O) groups is 2. The predicted octanol–water partition coefficient (Wildman–Crippen LogP) is 4.27. The van der Waals surface area contributed by atoms with Gasteiger partial charge in [0.25, 0.3) is 11.1 Å². The maximum absolute atomic E-state index is 12.5. The summed E-state index contributed by atoms with van der Waals surface area (Å²) < 4.78 is 37.4. The first-order chi connectivity index (χ1) is 11.3. The van der Waals surface area contributed by atoms with Gasteiger partial charge in [-0.15, -0.1) is 0 Å². The molecule has 0 atom stereocenters. The van der Waals surface area contributed by atoms with Crippen LogP contribution in [-0.2, 0) is 11.9 Å². The topological polar surface area (TPSA) is 72.2 Å². The molecule has 0 aliphatic heterocycles. The summed E-state index contributed by atoms with van der Waals surface area (Å²) in [6.45, 7) is 0. The van der Waals surface area contributed by atoms with Gasteiger partial charge in [0.15, 0.2) is 0 Å². The Kier molecular flexibility index (Phi) is 5.50. The minimum atomic E-state index is -4.39. The Morgan fingerprint density at radius 2 is 1.67 bits per heavy atom. The van der Waals surface area contributed by atoms with Crippen molar-refractivity contribution in [1.29, 1.82) is 0 Å². The molecule has 8 heteroatoms. The number of benzene rings is 2. The molecule has 126 valence electrons. The maximum Gasteiger partial charge on any atom is 0.416 e. The lowest BCUT2D eigenvalue weighted by atomic mass is 10.1. The third-order valence-electron chi connectivity index (χ3n) is 3.08. The number of halogens is 3. The Hall–Kier alpha value is -2.48. The third kappa shape index (κ3) is 4.76. The number of hydrogen-bond donors (Lipinski definition) is 2. The minimum absolute atomic E-state index is 0.181. The van der Waals surface area contributed by atoms with Crippen molar-refractivity contribution in [1.82, 2.24) is 0 Å². The molecule has 0 unspecified atom stereocenters. The fraction of sp³-hybridized carbons (Fsp3) is 0.125. The van der Waals surface area contributed by atoms with Crippen LogP contribution in [0.4, 0.5) is 23.7 Å². The highest BCUT2D eigenvalue weighted by atomic mass is 32.2. The first-order valence-electron chi connectivity index (χ1n) is 6.76. The Bertz CT molecular complexity index is 746. The number of nitrogens with one attached hydrogen (secondary N) is 1. The predicted molar refractivity (Wildman–Crippen MR) is 86.7 cm³/mol. The monoisotopic (exact) mass is 354 g/mol. The molecule has 3 N–H and O–H groups in total. The second kappa shape index (κ2) is 7.39. The zero-order valence-electron chi connectivity index (χ0n) is 12.3. The molecule has 0 bridgehead atoms. The molecule has 0 heterocycles. The molecule has 0 aliphatic rings. The van der Waals surface area contributed by atoms with E-state index in [9.17, 15) is 22.8 Å². The second-order valence-electron chi connectivity index (χ2n) is 4.81. The molecular formula is C16H13F3N2O2S. The highest BCUT2D eigenvalue weighted by Crippen LogP contribution is 2.29. The molecule has 0 aromatic heterocycles. The Morgan fingerprint density at radius 1 is 1.04 bits per heavy atom. The lowest BCUT2D eigenvalue weighted by Gasteiger charge is -2.09. The van der Waals surface area contributed by atoms with Crippen molar-refractivity contribution in [3.05, 3.63) is 65.2 Å². The molecular weight excluding hydrogens is 341 g/mol. The summed E-state index contributed by atoms with van der Waals surface area (Å²) in [5.74, 6) is -0.471. The summed E-state index contributed by atoms with van der Waals surface area (Å²) in [7, 11) is 0. The van der Waals surface area contributed by atoms with E-state index in [2.05, 4.69) is 5.32 Å². The molecule has 2 rings (SSSR count). The van der Waals surface area contributed by atoms with Crippen LogP contribution in [0, 0.1) is 0 Å². The third-order valence-corrected chi connectivity index (χ3v) is 3.92. The van der Waals surface area contributed by atoms with E-state index in [-0.39, 0.29) is 17.0 Å². The fourth-order valence-electron chi connectivity index (χ4n) is 1.89. The summed E-state index contributed by atoms with van der Waals surface area (Å²) in [6, 6.07) is 10.9. The summed E-state index contributed by atoms with van der Waals surface area (Å²) in [5, 5.41) is 2.10. The van der Waals surface area contributed by atoms with Crippen LogP contribution >= 0.6 is 11.8 Å². The molecule has 0 saturated heterocycles. The average molecular weight is 354 g/mol. The fourth-order valence-corrected chi connectivity index (χ4v) is 2.56. The van der Waals surface area contributed by atoms with Crippen LogP contribution in [0.15, 0.2) is 48.5 Å². The highest BCUT2D eigenvalue weighted by molar-refractivity contribution is 8.13. The second-order valence-corrected chi connectivity index (χ2v) is 5.75. The van der Waals surface area contributed by atoms with Crippen LogP contribution in [0.5, 0.6) is 0 Å². The Labute approximate surface area is 140 Å². The lowest BCUT2D eigenvalue weighted by molar-refractivity contribution is -0.137. The van der Waals surface area contributed by atoms with E-state index in [4.69, 9.17) is 5.73 Å². The standard InChI is InChI=1S/C16H13F3N2O2S/c17-16(18,19)11-7-5-10(6-8-11)9-24-15(23)21-13-4-2-1-3-12(13)14(20)22/h1-8H,9H2,(H2,20,22)(H,21,23). The van der Waals surface area contributed by atoms with Crippen LogP contribution in [-0.4, -0.2) is 11.1 Å². The minimum Gasteiger partial charge on any atom is -0.366 e.